The molecule has 4 nitrogen and oxygen atoms in total. The van der Waals surface area contributed by atoms with Crippen molar-refractivity contribution in [3.63, 3.8) is 0 Å². The van der Waals surface area contributed by atoms with Crippen LogP contribution in [0.1, 0.15) is 17.0 Å². The summed E-state index contributed by atoms with van der Waals surface area (Å²) < 4.78 is 1.07. The lowest BCUT2D eigenvalue weighted by Gasteiger charge is -1.99. The Morgan fingerprint density at radius 3 is 2.40 bits per heavy atom. The minimum Gasteiger partial charge on any atom is -0.160 e. The summed E-state index contributed by atoms with van der Waals surface area (Å²) >= 11 is 3.42. The molecule has 0 bridgehead atoms. The number of halogens is 1. The zero-order valence-corrected chi connectivity index (χ0v) is 12.4. The molecule has 20 heavy (non-hydrogen) atoms. The van der Waals surface area contributed by atoms with E-state index in [-0.39, 0.29) is 0 Å². The molecule has 5 heteroatoms. The molecule has 0 fully saturated rings. The first-order valence-corrected chi connectivity index (χ1v) is 7.14. The van der Waals surface area contributed by atoms with E-state index in [4.69, 9.17) is 0 Å². The average Bonchev–Trinajstić information content (AvgIpc) is 2.90. The Morgan fingerprint density at radius 2 is 1.65 bits per heavy atom. The van der Waals surface area contributed by atoms with Gasteiger partial charge in [0.2, 0.25) is 0 Å². The molecule has 0 saturated carbocycles. The molecule has 3 aromatic rings. The van der Waals surface area contributed by atoms with Crippen molar-refractivity contribution in [1.29, 1.82) is 0 Å². The number of hydrogen-bond donors (Lipinski definition) is 0. The van der Waals surface area contributed by atoms with Crippen LogP contribution in [0.2, 0.25) is 0 Å². The first kappa shape index (κ1) is 13.0. The lowest BCUT2D eigenvalue weighted by atomic mass is 10.1. The summed E-state index contributed by atoms with van der Waals surface area (Å²) in [6.07, 6.45) is 0.710. The van der Waals surface area contributed by atoms with Gasteiger partial charge in [0.1, 0.15) is 0 Å². The monoisotopic (exact) mass is 328 g/mol. The summed E-state index contributed by atoms with van der Waals surface area (Å²) in [5.74, 6) is 0.744. The smallest absolute Gasteiger partial charge is 0.160 e. The SMILES string of the molecule is Brc1ccc(Cn2nnc(Cc3ccccc3)n2)cc1. The molecule has 0 amide bonds. The zero-order chi connectivity index (χ0) is 13.8. The maximum Gasteiger partial charge on any atom is 0.179 e. The van der Waals surface area contributed by atoms with Gasteiger partial charge in [0, 0.05) is 10.9 Å². The van der Waals surface area contributed by atoms with Crippen LogP contribution in [-0.4, -0.2) is 20.2 Å². The van der Waals surface area contributed by atoms with E-state index in [1.807, 2.05) is 42.5 Å². The van der Waals surface area contributed by atoms with Crippen molar-refractivity contribution in [3.05, 3.63) is 76.0 Å². The quantitative estimate of drug-likeness (QED) is 0.739. The summed E-state index contributed by atoms with van der Waals surface area (Å²) in [5, 5.41) is 12.6. The van der Waals surface area contributed by atoms with E-state index in [1.54, 1.807) is 4.80 Å². The van der Waals surface area contributed by atoms with Gasteiger partial charge in [-0.05, 0) is 28.5 Å². The Kier molecular flexibility index (Phi) is 3.87. The number of hydrogen-bond acceptors (Lipinski definition) is 3. The molecular formula is C15H13BrN4. The predicted octanol–water partition coefficient (Wildman–Crippen LogP) is 3.07. The second kappa shape index (κ2) is 5.96. The van der Waals surface area contributed by atoms with Gasteiger partial charge in [-0.3, -0.25) is 0 Å². The van der Waals surface area contributed by atoms with Crippen molar-refractivity contribution >= 4 is 15.9 Å². The van der Waals surface area contributed by atoms with Gasteiger partial charge in [0.05, 0.1) is 6.54 Å². The van der Waals surface area contributed by atoms with Crippen LogP contribution in [0.25, 0.3) is 0 Å². The van der Waals surface area contributed by atoms with Crippen LogP contribution in [0.4, 0.5) is 0 Å². The van der Waals surface area contributed by atoms with Crippen LogP contribution in [0.3, 0.4) is 0 Å². The highest BCUT2D eigenvalue weighted by atomic mass is 79.9. The molecule has 0 aliphatic rings. The second-order valence-corrected chi connectivity index (χ2v) is 5.44. The average molecular weight is 329 g/mol. The van der Waals surface area contributed by atoms with Gasteiger partial charge < -0.3 is 0 Å². The Bertz CT molecular complexity index is 677. The largest absolute Gasteiger partial charge is 0.179 e. The number of rotatable bonds is 4. The molecule has 100 valence electrons. The third-order valence-corrected chi connectivity index (χ3v) is 3.47. The third-order valence-electron chi connectivity index (χ3n) is 2.94. The summed E-state index contributed by atoms with van der Waals surface area (Å²) in [6.45, 7) is 0.634. The number of tetrazole rings is 1. The molecule has 0 unspecified atom stereocenters. The number of aromatic nitrogens is 4. The maximum atomic E-state index is 4.41. The van der Waals surface area contributed by atoms with Crippen molar-refractivity contribution in [3.8, 4) is 0 Å². The van der Waals surface area contributed by atoms with Crippen LogP contribution in [0.5, 0.6) is 0 Å². The molecule has 0 aliphatic carbocycles. The molecule has 1 heterocycles. The fourth-order valence-corrected chi connectivity index (χ4v) is 2.21. The second-order valence-electron chi connectivity index (χ2n) is 4.52. The molecule has 1 aromatic heterocycles. The minimum atomic E-state index is 0.634. The third kappa shape index (κ3) is 3.30. The Labute approximate surface area is 125 Å². The number of nitrogens with zero attached hydrogens (tertiary/aromatic N) is 4. The molecule has 0 atom stereocenters. The van der Waals surface area contributed by atoms with Crippen molar-refractivity contribution < 1.29 is 0 Å². The first-order chi connectivity index (χ1) is 9.79. The predicted molar refractivity (Wildman–Crippen MR) is 80.3 cm³/mol. The summed E-state index contributed by atoms with van der Waals surface area (Å²) in [6, 6.07) is 18.3. The van der Waals surface area contributed by atoms with E-state index in [9.17, 15) is 0 Å². The Morgan fingerprint density at radius 1 is 0.900 bits per heavy atom. The topological polar surface area (TPSA) is 43.6 Å². The Balaban J connectivity index is 1.69. The summed E-state index contributed by atoms with van der Waals surface area (Å²) in [7, 11) is 0. The molecular weight excluding hydrogens is 316 g/mol. The van der Waals surface area contributed by atoms with E-state index in [0.717, 1.165) is 15.9 Å². The normalized spacial score (nSPS) is 10.7. The van der Waals surface area contributed by atoms with Crippen LogP contribution >= 0.6 is 15.9 Å². The van der Waals surface area contributed by atoms with Crippen LogP contribution in [0, 0.1) is 0 Å². The zero-order valence-electron chi connectivity index (χ0n) is 10.8. The maximum absolute atomic E-state index is 4.41. The highest BCUT2D eigenvalue weighted by molar-refractivity contribution is 9.10. The van der Waals surface area contributed by atoms with E-state index in [0.29, 0.717) is 13.0 Å². The highest BCUT2D eigenvalue weighted by Gasteiger charge is 2.04. The summed E-state index contributed by atoms with van der Waals surface area (Å²) in [5.41, 5.74) is 2.34. The van der Waals surface area contributed by atoms with E-state index in [1.165, 1.54) is 5.56 Å². The summed E-state index contributed by atoms with van der Waals surface area (Å²) in [4.78, 5) is 1.63. The van der Waals surface area contributed by atoms with Crippen molar-refractivity contribution in [1.82, 2.24) is 20.2 Å². The van der Waals surface area contributed by atoms with Crippen LogP contribution in [-0.2, 0) is 13.0 Å². The van der Waals surface area contributed by atoms with Gasteiger partial charge in [0.15, 0.2) is 5.82 Å². The Hall–Kier alpha value is -2.01. The van der Waals surface area contributed by atoms with Crippen molar-refractivity contribution in [2.75, 3.05) is 0 Å². The molecule has 0 N–H and O–H groups in total. The van der Waals surface area contributed by atoms with Crippen LogP contribution < -0.4 is 0 Å². The molecule has 0 saturated heterocycles. The fourth-order valence-electron chi connectivity index (χ4n) is 1.95. The standard InChI is InChI=1S/C15H13BrN4/c16-14-8-6-13(7-9-14)11-20-18-15(17-19-20)10-12-4-2-1-3-5-12/h1-9H,10-11H2. The van der Waals surface area contributed by atoms with E-state index in [2.05, 4.69) is 43.5 Å². The van der Waals surface area contributed by atoms with Crippen molar-refractivity contribution in [2.24, 2.45) is 0 Å². The minimum absolute atomic E-state index is 0.634. The first-order valence-electron chi connectivity index (χ1n) is 6.35. The highest BCUT2D eigenvalue weighted by Crippen LogP contribution is 2.11. The lowest BCUT2D eigenvalue weighted by Crippen LogP contribution is -2.04. The van der Waals surface area contributed by atoms with E-state index >= 15 is 0 Å². The van der Waals surface area contributed by atoms with Gasteiger partial charge in [-0.15, -0.1) is 10.2 Å². The van der Waals surface area contributed by atoms with Gasteiger partial charge in [-0.2, -0.15) is 4.80 Å². The lowest BCUT2D eigenvalue weighted by molar-refractivity contribution is 0.570. The van der Waals surface area contributed by atoms with Gasteiger partial charge in [-0.25, -0.2) is 0 Å². The van der Waals surface area contributed by atoms with E-state index < -0.39 is 0 Å². The molecule has 3 rings (SSSR count). The molecule has 2 aromatic carbocycles. The molecule has 0 spiro atoms. The number of benzene rings is 2. The van der Waals surface area contributed by atoms with Gasteiger partial charge in [-0.1, -0.05) is 58.4 Å². The molecule has 0 aliphatic heterocycles. The van der Waals surface area contributed by atoms with Gasteiger partial charge >= 0.3 is 0 Å². The van der Waals surface area contributed by atoms with Crippen LogP contribution in [0.15, 0.2) is 59.1 Å². The van der Waals surface area contributed by atoms with Crippen molar-refractivity contribution in [2.45, 2.75) is 13.0 Å². The molecule has 0 radical (unpaired) electrons. The fraction of sp³-hybridized carbons (Fsp3) is 0.133. The van der Waals surface area contributed by atoms with Gasteiger partial charge in [0.25, 0.3) is 0 Å².